The van der Waals surface area contributed by atoms with Gasteiger partial charge in [-0.1, -0.05) is 12.7 Å². The monoisotopic (exact) mass is 139 g/mol. The van der Waals surface area contributed by atoms with Crippen LogP contribution in [0.4, 0.5) is 0 Å². The molecule has 0 saturated heterocycles. The Labute approximate surface area is 59.9 Å². The van der Waals surface area contributed by atoms with Gasteiger partial charge in [-0.25, -0.2) is 0 Å². The molecule has 0 N–H and O–H groups in total. The number of carbonyl (C=O) groups excluding carboxylic acids is 1. The van der Waals surface area contributed by atoms with Crippen molar-refractivity contribution in [2.24, 2.45) is 0 Å². The molecule has 10 heavy (non-hydrogen) atoms. The number of carbonyl (C=O) groups is 1. The van der Waals surface area contributed by atoms with Gasteiger partial charge in [-0.2, -0.15) is 5.26 Å². The van der Waals surface area contributed by atoms with Crippen LogP contribution in [0.3, 0.4) is 0 Å². The summed E-state index contributed by atoms with van der Waals surface area (Å²) in [6.45, 7) is 4.70. The minimum atomic E-state index is -0.456. The second-order valence-corrected chi connectivity index (χ2v) is 1.75. The molecule has 0 heterocycles. The number of rotatable bonds is 3. The van der Waals surface area contributed by atoms with Crippen LogP contribution in [0.25, 0.3) is 0 Å². The highest BCUT2D eigenvalue weighted by atomic mass is 16.5. The summed E-state index contributed by atoms with van der Waals surface area (Å²) in [4.78, 5) is 10.3. The molecular formula is C7H9NO2. The molecule has 0 fully saturated rings. The van der Waals surface area contributed by atoms with Crippen molar-refractivity contribution in [1.29, 1.82) is 5.26 Å². The maximum absolute atomic E-state index is 10.3. The van der Waals surface area contributed by atoms with Crippen LogP contribution in [0.1, 0.15) is 13.3 Å². The molecule has 0 spiro atoms. The SMILES string of the molecule is C=CC(CC#N)OC(C)=O. The predicted octanol–water partition coefficient (Wildman–Crippen LogP) is 1.02. The molecule has 0 aromatic heterocycles. The van der Waals surface area contributed by atoms with Crippen LogP contribution in [0.2, 0.25) is 0 Å². The largest absolute Gasteiger partial charge is 0.457 e. The van der Waals surface area contributed by atoms with Crippen LogP contribution in [-0.2, 0) is 9.53 Å². The number of nitriles is 1. The Bertz CT molecular complexity index is 169. The molecule has 0 aliphatic heterocycles. The third-order valence-electron chi connectivity index (χ3n) is 0.873. The Hall–Kier alpha value is -1.30. The summed E-state index contributed by atoms with van der Waals surface area (Å²) in [5, 5.41) is 8.19. The Balaban J connectivity index is 3.73. The molecule has 0 aliphatic rings. The van der Waals surface area contributed by atoms with Crippen LogP contribution in [0.5, 0.6) is 0 Å². The Morgan fingerprint density at radius 2 is 2.60 bits per heavy atom. The zero-order valence-electron chi connectivity index (χ0n) is 5.83. The maximum Gasteiger partial charge on any atom is 0.303 e. The van der Waals surface area contributed by atoms with E-state index in [1.165, 1.54) is 13.0 Å². The first kappa shape index (κ1) is 8.70. The van der Waals surface area contributed by atoms with E-state index in [2.05, 4.69) is 11.3 Å². The summed E-state index contributed by atoms with van der Waals surface area (Å²) in [7, 11) is 0. The smallest absolute Gasteiger partial charge is 0.303 e. The fraction of sp³-hybridized carbons (Fsp3) is 0.429. The van der Waals surface area contributed by atoms with Gasteiger partial charge in [0.1, 0.15) is 6.10 Å². The molecule has 0 rings (SSSR count). The van der Waals surface area contributed by atoms with E-state index in [-0.39, 0.29) is 12.4 Å². The molecule has 0 amide bonds. The van der Waals surface area contributed by atoms with E-state index in [0.717, 1.165) is 0 Å². The fourth-order valence-corrected chi connectivity index (χ4v) is 0.476. The van der Waals surface area contributed by atoms with Crippen molar-refractivity contribution in [3.8, 4) is 6.07 Å². The van der Waals surface area contributed by atoms with Crippen molar-refractivity contribution in [2.75, 3.05) is 0 Å². The van der Waals surface area contributed by atoms with Crippen molar-refractivity contribution >= 4 is 5.97 Å². The van der Waals surface area contributed by atoms with Gasteiger partial charge in [0.05, 0.1) is 12.5 Å². The van der Waals surface area contributed by atoms with E-state index in [1.807, 2.05) is 6.07 Å². The van der Waals surface area contributed by atoms with Crippen LogP contribution < -0.4 is 0 Å². The Morgan fingerprint density at radius 1 is 2.00 bits per heavy atom. The van der Waals surface area contributed by atoms with Crippen LogP contribution in [0.15, 0.2) is 12.7 Å². The van der Waals surface area contributed by atoms with Crippen molar-refractivity contribution in [2.45, 2.75) is 19.4 Å². The van der Waals surface area contributed by atoms with Gasteiger partial charge in [0.25, 0.3) is 0 Å². The van der Waals surface area contributed by atoms with Crippen molar-refractivity contribution < 1.29 is 9.53 Å². The van der Waals surface area contributed by atoms with E-state index in [1.54, 1.807) is 0 Å². The molecule has 0 saturated carbocycles. The highest BCUT2D eigenvalue weighted by molar-refractivity contribution is 5.66. The van der Waals surface area contributed by atoms with E-state index in [0.29, 0.717) is 0 Å². The third-order valence-corrected chi connectivity index (χ3v) is 0.873. The normalized spacial score (nSPS) is 11.2. The second kappa shape index (κ2) is 4.57. The van der Waals surface area contributed by atoms with E-state index >= 15 is 0 Å². The molecule has 0 aliphatic carbocycles. The highest BCUT2D eigenvalue weighted by Crippen LogP contribution is 1.97. The van der Waals surface area contributed by atoms with Gasteiger partial charge >= 0.3 is 5.97 Å². The van der Waals surface area contributed by atoms with Crippen molar-refractivity contribution in [1.82, 2.24) is 0 Å². The zero-order valence-corrected chi connectivity index (χ0v) is 5.83. The molecule has 1 atom stereocenters. The molecule has 0 radical (unpaired) electrons. The summed E-state index contributed by atoms with van der Waals surface area (Å²) in [5.74, 6) is -0.389. The summed E-state index contributed by atoms with van der Waals surface area (Å²) >= 11 is 0. The van der Waals surface area contributed by atoms with Gasteiger partial charge in [-0.05, 0) is 0 Å². The lowest BCUT2D eigenvalue weighted by Crippen LogP contribution is -2.12. The molecule has 3 nitrogen and oxygen atoms in total. The van der Waals surface area contributed by atoms with Gasteiger partial charge < -0.3 is 4.74 Å². The molecule has 1 unspecified atom stereocenters. The van der Waals surface area contributed by atoms with Crippen molar-refractivity contribution in [3.63, 3.8) is 0 Å². The van der Waals surface area contributed by atoms with Crippen LogP contribution in [-0.4, -0.2) is 12.1 Å². The first-order chi connectivity index (χ1) is 4.70. The van der Waals surface area contributed by atoms with Crippen LogP contribution in [0, 0.1) is 11.3 Å². The quantitative estimate of drug-likeness (QED) is 0.433. The number of hydrogen-bond donors (Lipinski definition) is 0. The fourth-order valence-electron chi connectivity index (χ4n) is 0.476. The first-order valence-electron chi connectivity index (χ1n) is 2.87. The molecule has 0 aromatic rings. The lowest BCUT2D eigenvalue weighted by atomic mass is 10.3. The third kappa shape index (κ3) is 3.67. The Kier molecular flexibility index (Phi) is 3.97. The van der Waals surface area contributed by atoms with Gasteiger partial charge in [0.2, 0.25) is 0 Å². The number of esters is 1. The molecule has 3 heteroatoms. The van der Waals surface area contributed by atoms with Gasteiger partial charge in [0.15, 0.2) is 0 Å². The van der Waals surface area contributed by atoms with Gasteiger partial charge in [0, 0.05) is 6.92 Å². The van der Waals surface area contributed by atoms with E-state index < -0.39 is 6.10 Å². The maximum atomic E-state index is 10.3. The first-order valence-corrected chi connectivity index (χ1v) is 2.87. The van der Waals surface area contributed by atoms with Gasteiger partial charge in [-0.15, -0.1) is 0 Å². The lowest BCUT2D eigenvalue weighted by molar-refractivity contribution is -0.143. The predicted molar refractivity (Wildman–Crippen MR) is 36.0 cm³/mol. The zero-order chi connectivity index (χ0) is 7.98. The van der Waals surface area contributed by atoms with E-state index in [9.17, 15) is 4.79 Å². The topological polar surface area (TPSA) is 50.1 Å². The molecule has 54 valence electrons. The number of nitrogens with zero attached hydrogens (tertiary/aromatic N) is 1. The summed E-state index contributed by atoms with van der Waals surface area (Å²) in [5.41, 5.74) is 0. The number of hydrogen-bond acceptors (Lipinski definition) is 3. The standard InChI is InChI=1S/C7H9NO2/c1-3-7(4-5-8)10-6(2)9/h3,7H,1,4H2,2H3. The minimum absolute atomic E-state index is 0.170. The lowest BCUT2D eigenvalue weighted by Gasteiger charge is -2.06. The summed E-state index contributed by atoms with van der Waals surface area (Å²) < 4.78 is 4.66. The molecule has 0 aromatic carbocycles. The van der Waals surface area contributed by atoms with Crippen LogP contribution >= 0.6 is 0 Å². The van der Waals surface area contributed by atoms with E-state index in [4.69, 9.17) is 5.26 Å². The highest BCUT2D eigenvalue weighted by Gasteiger charge is 2.04. The average molecular weight is 139 g/mol. The summed E-state index contributed by atoms with van der Waals surface area (Å²) in [6.07, 6.45) is 1.15. The second-order valence-electron chi connectivity index (χ2n) is 1.75. The van der Waals surface area contributed by atoms with Gasteiger partial charge in [-0.3, -0.25) is 4.79 Å². The minimum Gasteiger partial charge on any atom is -0.457 e. The van der Waals surface area contributed by atoms with Crippen molar-refractivity contribution in [3.05, 3.63) is 12.7 Å². The molecular weight excluding hydrogens is 130 g/mol. The Morgan fingerprint density at radius 3 is 2.90 bits per heavy atom. The number of ether oxygens (including phenoxy) is 1. The summed E-state index contributed by atoms with van der Waals surface area (Å²) in [6, 6.07) is 1.88. The average Bonchev–Trinajstić information content (AvgIpc) is 1.86. The molecule has 0 bridgehead atoms.